The Morgan fingerprint density at radius 3 is 1.12 bits per heavy atom. The number of nitrogens with zero attached hydrogens (tertiary/aromatic N) is 2. The SMILES string of the molecule is Cc1cc(C)c(N2CCN(c3c(C)cc(C)cc3C)C2)c(C)c1.Cl.Cl. The van der Waals surface area contributed by atoms with Crippen LogP contribution < -0.4 is 9.80 Å². The molecule has 1 fully saturated rings. The number of hydrogen-bond acceptors (Lipinski definition) is 2. The van der Waals surface area contributed by atoms with Crippen LogP contribution >= 0.6 is 24.8 Å². The van der Waals surface area contributed by atoms with Gasteiger partial charge in [0.25, 0.3) is 0 Å². The number of halogens is 2. The Hall–Kier alpha value is -1.38. The van der Waals surface area contributed by atoms with E-state index in [1.54, 1.807) is 0 Å². The Morgan fingerprint density at radius 2 is 0.840 bits per heavy atom. The molecule has 2 nitrogen and oxygen atoms in total. The maximum Gasteiger partial charge on any atom is 0.0904 e. The van der Waals surface area contributed by atoms with Gasteiger partial charge in [-0.1, -0.05) is 35.4 Å². The minimum Gasteiger partial charge on any atom is -0.352 e. The third kappa shape index (κ3) is 4.24. The number of rotatable bonds is 2. The van der Waals surface area contributed by atoms with Gasteiger partial charge in [-0.3, -0.25) is 0 Å². The molecule has 0 aliphatic carbocycles. The van der Waals surface area contributed by atoms with E-state index in [2.05, 4.69) is 75.6 Å². The highest BCUT2D eigenvalue weighted by Gasteiger charge is 2.24. The molecule has 1 heterocycles. The molecule has 3 rings (SSSR count). The smallest absolute Gasteiger partial charge is 0.0904 e. The number of hydrogen-bond donors (Lipinski definition) is 0. The maximum absolute atomic E-state index is 2.53. The lowest BCUT2D eigenvalue weighted by molar-refractivity contribution is 0.930. The van der Waals surface area contributed by atoms with Crippen LogP contribution in [0.2, 0.25) is 0 Å². The van der Waals surface area contributed by atoms with Gasteiger partial charge in [0.2, 0.25) is 0 Å². The molecule has 0 radical (unpaired) electrons. The summed E-state index contributed by atoms with van der Waals surface area (Å²) >= 11 is 0. The van der Waals surface area contributed by atoms with Gasteiger partial charge in [-0.15, -0.1) is 24.8 Å². The maximum atomic E-state index is 2.53. The topological polar surface area (TPSA) is 6.48 Å². The zero-order valence-corrected chi connectivity index (χ0v) is 17.8. The van der Waals surface area contributed by atoms with Gasteiger partial charge < -0.3 is 9.80 Å². The van der Waals surface area contributed by atoms with Gasteiger partial charge in [-0.05, 0) is 63.8 Å². The van der Waals surface area contributed by atoms with Crippen LogP contribution in [0.15, 0.2) is 24.3 Å². The van der Waals surface area contributed by atoms with Gasteiger partial charge in [0.15, 0.2) is 0 Å². The zero-order chi connectivity index (χ0) is 16.7. The summed E-state index contributed by atoms with van der Waals surface area (Å²) in [6.45, 7) is 16.5. The Balaban J connectivity index is 0.00000156. The molecule has 0 spiro atoms. The Morgan fingerprint density at radius 1 is 0.560 bits per heavy atom. The van der Waals surface area contributed by atoms with Crippen molar-refractivity contribution in [3.63, 3.8) is 0 Å². The largest absolute Gasteiger partial charge is 0.352 e. The van der Waals surface area contributed by atoms with Gasteiger partial charge >= 0.3 is 0 Å². The normalized spacial score (nSPS) is 13.5. The fraction of sp³-hybridized carbons (Fsp3) is 0.429. The predicted molar refractivity (Wildman–Crippen MR) is 115 cm³/mol. The van der Waals surface area contributed by atoms with Crippen LogP contribution in [0.3, 0.4) is 0 Å². The monoisotopic (exact) mass is 380 g/mol. The van der Waals surface area contributed by atoms with E-state index in [1.807, 2.05) is 0 Å². The van der Waals surface area contributed by atoms with Gasteiger partial charge in [-0.25, -0.2) is 0 Å². The van der Waals surface area contributed by atoms with E-state index in [0.29, 0.717) is 0 Å². The molecule has 4 heteroatoms. The first-order valence-corrected chi connectivity index (χ1v) is 8.52. The fourth-order valence-corrected chi connectivity index (χ4v) is 4.30. The van der Waals surface area contributed by atoms with Crippen molar-refractivity contribution < 1.29 is 0 Å². The first-order chi connectivity index (χ1) is 10.9. The molecular weight excluding hydrogens is 351 g/mol. The third-order valence-electron chi connectivity index (χ3n) is 4.88. The molecular formula is C21H30Cl2N2. The standard InChI is InChI=1S/C21H28N2.2ClH/c1-14-9-16(3)20(17(4)10-14)22-7-8-23(13-22)21-18(5)11-15(2)12-19(21)6;;/h9-12H,7-8,13H2,1-6H3;2*1H. The summed E-state index contributed by atoms with van der Waals surface area (Å²) in [4.78, 5) is 5.06. The highest BCUT2D eigenvalue weighted by Crippen LogP contribution is 2.32. The lowest BCUT2D eigenvalue weighted by Crippen LogP contribution is -2.27. The van der Waals surface area contributed by atoms with Crippen LogP contribution in [0, 0.1) is 41.5 Å². The minimum absolute atomic E-state index is 0. The van der Waals surface area contributed by atoms with E-state index in [0.717, 1.165) is 19.8 Å². The molecule has 1 aliphatic heterocycles. The van der Waals surface area contributed by atoms with Crippen molar-refractivity contribution in [1.29, 1.82) is 0 Å². The van der Waals surface area contributed by atoms with Crippen molar-refractivity contribution in [2.24, 2.45) is 0 Å². The lowest BCUT2D eigenvalue weighted by Gasteiger charge is -2.26. The summed E-state index contributed by atoms with van der Waals surface area (Å²) in [5, 5.41) is 0. The summed E-state index contributed by atoms with van der Waals surface area (Å²) in [7, 11) is 0. The first-order valence-electron chi connectivity index (χ1n) is 8.52. The van der Waals surface area contributed by atoms with Crippen LogP contribution in [-0.4, -0.2) is 19.8 Å². The van der Waals surface area contributed by atoms with Crippen LogP contribution in [0.1, 0.15) is 33.4 Å². The molecule has 2 aromatic carbocycles. The molecule has 138 valence electrons. The molecule has 2 aromatic rings. The Bertz CT molecular complexity index is 646. The molecule has 0 bridgehead atoms. The van der Waals surface area contributed by atoms with Gasteiger partial charge in [0.05, 0.1) is 6.67 Å². The quantitative estimate of drug-likeness (QED) is 0.662. The Kier molecular flexibility index (Phi) is 7.22. The fourth-order valence-electron chi connectivity index (χ4n) is 4.30. The molecule has 0 amide bonds. The van der Waals surface area contributed by atoms with Crippen molar-refractivity contribution in [2.45, 2.75) is 41.5 Å². The molecule has 0 unspecified atom stereocenters. The van der Waals surface area contributed by atoms with E-state index in [4.69, 9.17) is 0 Å². The number of benzene rings is 2. The number of aryl methyl sites for hydroxylation is 6. The molecule has 0 N–H and O–H groups in total. The van der Waals surface area contributed by atoms with E-state index < -0.39 is 0 Å². The number of anilines is 2. The van der Waals surface area contributed by atoms with Crippen LogP contribution in [-0.2, 0) is 0 Å². The lowest BCUT2D eigenvalue weighted by atomic mass is 10.0. The van der Waals surface area contributed by atoms with Gasteiger partial charge in [0, 0.05) is 24.5 Å². The first kappa shape index (κ1) is 21.7. The molecule has 0 aromatic heterocycles. The van der Waals surface area contributed by atoms with Crippen molar-refractivity contribution >= 4 is 36.2 Å². The van der Waals surface area contributed by atoms with Crippen molar-refractivity contribution in [3.8, 4) is 0 Å². The van der Waals surface area contributed by atoms with Crippen molar-refractivity contribution in [3.05, 3.63) is 57.6 Å². The summed E-state index contributed by atoms with van der Waals surface area (Å²) in [5.74, 6) is 0. The second-order valence-electron chi connectivity index (χ2n) is 7.16. The van der Waals surface area contributed by atoms with Crippen molar-refractivity contribution in [2.75, 3.05) is 29.6 Å². The second kappa shape index (κ2) is 8.33. The molecule has 1 aliphatic rings. The summed E-state index contributed by atoms with van der Waals surface area (Å²) < 4.78 is 0. The molecule has 0 saturated carbocycles. The summed E-state index contributed by atoms with van der Waals surface area (Å²) in [6, 6.07) is 9.20. The van der Waals surface area contributed by atoms with E-state index in [1.165, 1.54) is 44.8 Å². The van der Waals surface area contributed by atoms with Crippen LogP contribution in [0.4, 0.5) is 11.4 Å². The molecule has 25 heavy (non-hydrogen) atoms. The minimum atomic E-state index is 0. The highest BCUT2D eigenvalue weighted by atomic mass is 35.5. The Labute approximate surface area is 165 Å². The van der Waals surface area contributed by atoms with Crippen LogP contribution in [0.5, 0.6) is 0 Å². The van der Waals surface area contributed by atoms with Crippen LogP contribution in [0.25, 0.3) is 0 Å². The average Bonchev–Trinajstić information content (AvgIpc) is 2.85. The third-order valence-corrected chi connectivity index (χ3v) is 4.88. The average molecular weight is 381 g/mol. The van der Waals surface area contributed by atoms with Crippen molar-refractivity contribution in [1.82, 2.24) is 0 Å². The van der Waals surface area contributed by atoms with E-state index >= 15 is 0 Å². The van der Waals surface area contributed by atoms with Gasteiger partial charge in [0.1, 0.15) is 0 Å². The molecule has 0 atom stereocenters. The predicted octanol–water partition coefficient (Wildman–Crippen LogP) is 5.66. The van der Waals surface area contributed by atoms with Gasteiger partial charge in [-0.2, -0.15) is 0 Å². The highest BCUT2D eigenvalue weighted by molar-refractivity contribution is 5.85. The second-order valence-corrected chi connectivity index (χ2v) is 7.16. The zero-order valence-electron chi connectivity index (χ0n) is 16.1. The summed E-state index contributed by atoms with van der Waals surface area (Å²) in [5.41, 5.74) is 11.1. The molecule has 1 saturated heterocycles. The van der Waals surface area contributed by atoms with E-state index in [-0.39, 0.29) is 24.8 Å². The summed E-state index contributed by atoms with van der Waals surface area (Å²) in [6.07, 6.45) is 0. The van der Waals surface area contributed by atoms with E-state index in [9.17, 15) is 0 Å².